The highest BCUT2D eigenvalue weighted by Gasteiger charge is 2.24. The highest BCUT2D eigenvalue weighted by atomic mass is 32.2. The third-order valence-electron chi connectivity index (χ3n) is 2.06. The summed E-state index contributed by atoms with van der Waals surface area (Å²) < 4.78 is 22.8. The first kappa shape index (κ1) is 12.3. The zero-order valence-electron chi connectivity index (χ0n) is 8.17. The fraction of sp³-hybridized carbons (Fsp3) is 0.222. The smallest absolute Gasteiger partial charge is 0.231 e. The summed E-state index contributed by atoms with van der Waals surface area (Å²) in [6, 6.07) is 8.98. The van der Waals surface area contributed by atoms with E-state index in [0.717, 1.165) is 5.56 Å². The van der Waals surface area contributed by atoms with Gasteiger partial charge in [-0.25, -0.2) is 8.42 Å². The molecule has 1 unspecified atom stereocenters. The van der Waals surface area contributed by atoms with Crippen LogP contribution in [0.5, 0.6) is 0 Å². The van der Waals surface area contributed by atoms with E-state index in [-0.39, 0.29) is 0 Å². The van der Waals surface area contributed by atoms with Crippen molar-refractivity contribution in [3.63, 3.8) is 0 Å². The molecule has 0 saturated carbocycles. The fourth-order valence-corrected chi connectivity index (χ4v) is 2.22. The molecule has 0 aromatic heterocycles. The minimum Gasteiger partial charge on any atom is -0.258 e. The molecule has 1 rings (SSSR count). The predicted octanol–water partition coefficient (Wildman–Crippen LogP) is 0.586. The second-order valence-electron chi connectivity index (χ2n) is 3.04. The van der Waals surface area contributed by atoms with Gasteiger partial charge in [0, 0.05) is 4.86 Å². The molecule has 0 spiro atoms. The average Bonchev–Trinajstić information content (AvgIpc) is 2.28. The van der Waals surface area contributed by atoms with E-state index >= 15 is 0 Å². The SMILES string of the molecule is CC(C(=S)c1ccccc1)S(=O)(=O)NN. The molecule has 1 atom stereocenters. The van der Waals surface area contributed by atoms with Gasteiger partial charge in [0.25, 0.3) is 0 Å². The van der Waals surface area contributed by atoms with Crippen LogP contribution in [-0.2, 0) is 10.0 Å². The average molecular weight is 244 g/mol. The number of benzene rings is 1. The highest BCUT2D eigenvalue weighted by Crippen LogP contribution is 2.10. The number of hydrazine groups is 1. The Morgan fingerprint density at radius 2 is 1.93 bits per heavy atom. The van der Waals surface area contributed by atoms with E-state index in [4.69, 9.17) is 18.1 Å². The Kier molecular flexibility index (Phi) is 3.92. The molecule has 3 N–H and O–H groups in total. The van der Waals surface area contributed by atoms with Gasteiger partial charge < -0.3 is 0 Å². The number of nitrogens with two attached hydrogens (primary N) is 1. The Morgan fingerprint density at radius 3 is 2.40 bits per heavy atom. The number of hydrogen-bond donors (Lipinski definition) is 2. The van der Waals surface area contributed by atoms with Gasteiger partial charge in [-0.05, 0) is 12.5 Å². The minimum atomic E-state index is -3.56. The standard InChI is InChI=1S/C9H12N2O2S2/c1-7(15(12,13)11-10)9(14)8-5-3-2-4-6-8/h2-7,11H,10H2,1H3. The van der Waals surface area contributed by atoms with Crippen LogP contribution in [0.4, 0.5) is 0 Å². The maximum Gasteiger partial charge on any atom is 0.231 e. The van der Waals surface area contributed by atoms with Crippen LogP contribution in [0.3, 0.4) is 0 Å². The van der Waals surface area contributed by atoms with Gasteiger partial charge in [-0.15, -0.1) is 0 Å². The molecule has 82 valence electrons. The van der Waals surface area contributed by atoms with E-state index in [2.05, 4.69) is 0 Å². The summed E-state index contributed by atoms with van der Waals surface area (Å²) in [6.45, 7) is 1.50. The van der Waals surface area contributed by atoms with Gasteiger partial charge in [0.2, 0.25) is 10.0 Å². The third kappa shape index (κ3) is 2.82. The summed E-state index contributed by atoms with van der Waals surface area (Å²) in [6.07, 6.45) is 0. The summed E-state index contributed by atoms with van der Waals surface area (Å²) >= 11 is 5.08. The molecular formula is C9H12N2O2S2. The first-order valence-corrected chi connectivity index (χ1v) is 6.25. The van der Waals surface area contributed by atoms with Crippen molar-refractivity contribution in [1.29, 1.82) is 0 Å². The molecule has 0 radical (unpaired) electrons. The van der Waals surface area contributed by atoms with Crippen LogP contribution in [0, 0.1) is 0 Å². The van der Waals surface area contributed by atoms with Gasteiger partial charge in [-0.1, -0.05) is 42.5 Å². The van der Waals surface area contributed by atoms with Gasteiger partial charge in [-0.3, -0.25) is 5.84 Å². The molecule has 0 heterocycles. The van der Waals surface area contributed by atoms with Crippen LogP contribution in [0.15, 0.2) is 30.3 Å². The molecule has 0 aliphatic rings. The lowest BCUT2D eigenvalue weighted by molar-refractivity contribution is 0.581. The van der Waals surface area contributed by atoms with Crippen molar-refractivity contribution in [1.82, 2.24) is 4.83 Å². The largest absolute Gasteiger partial charge is 0.258 e. The number of rotatable bonds is 4. The van der Waals surface area contributed by atoms with Gasteiger partial charge >= 0.3 is 0 Å². The number of sulfonamides is 1. The molecule has 15 heavy (non-hydrogen) atoms. The van der Waals surface area contributed by atoms with E-state index in [1.807, 2.05) is 6.07 Å². The summed E-state index contributed by atoms with van der Waals surface area (Å²) in [5, 5.41) is -0.820. The lowest BCUT2D eigenvalue weighted by Crippen LogP contribution is -2.40. The third-order valence-corrected chi connectivity index (χ3v) is 4.29. The molecule has 0 amide bonds. The molecule has 0 aliphatic heterocycles. The Bertz CT molecular complexity index is 442. The van der Waals surface area contributed by atoms with Crippen LogP contribution in [0.1, 0.15) is 12.5 Å². The molecule has 0 bridgehead atoms. The maximum atomic E-state index is 11.4. The number of hydrogen-bond acceptors (Lipinski definition) is 4. The molecule has 0 saturated heterocycles. The van der Waals surface area contributed by atoms with E-state index in [9.17, 15) is 8.42 Å². The van der Waals surface area contributed by atoms with Crippen molar-refractivity contribution in [2.24, 2.45) is 5.84 Å². The zero-order chi connectivity index (χ0) is 11.5. The predicted molar refractivity (Wildman–Crippen MR) is 63.8 cm³/mol. The van der Waals surface area contributed by atoms with Crippen molar-refractivity contribution < 1.29 is 8.42 Å². The molecular weight excluding hydrogens is 232 g/mol. The second-order valence-corrected chi connectivity index (χ2v) is 5.51. The quantitative estimate of drug-likeness (QED) is 0.352. The van der Waals surface area contributed by atoms with Crippen molar-refractivity contribution in [2.45, 2.75) is 12.2 Å². The molecule has 1 aromatic carbocycles. The van der Waals surface area contributed by atoms with Crippen LogP contribution in [0.25, 0.3) is 0 Å². The summed E-state index contributed by atoms with van der Waals surface area (Å²) in [7, 11) is -3.56. The van der Waals surface area contributed by atoms with Crippen molar-refractivity contribution in [3.8, 4) is 0 Å². The van der Waals surface area contributed by atoms with Crippen LogP contribution < -0.4 is 10.7 Å². The molecule has 1 aromatic rings. The minimum absolute atomic E-state index is 0.355. The van der Waals surface area contributed by atoms with Crippen molar-refractivity contribution in [2.75, 3.05) is 0 Å². The van der Waals surface area contributed by atoms with Crippen LogP contribution in [0.2, 0.25) is 0 Å². The number of nitrogens with one attached hydrogen (secondary N) is 1. The first-order chi connectivity index (χ1) is 6.99. The van der Waals surface area contributed by atoms with Gasteiger partial charge in [0.1, 0.15) is 5.25 Å². The van der Waals surface area contributed by atoms with Gasteiger partial charge in [0.15, 0.2) is 0 Å². The second kappa shape index (κ2) is 4.80. The normalized spacial score (nSPS) is 13.5. The van der Waals surface area contributed by atoms with E-state index < -0.39 is 15.3 Å². The Labute approximate surface area is 94.5 Å². The summed E-state index contributed by atoms with van der Waals surface area (Å²) in [4.78, 5) is 2.13. The molecule has 0 aliphatic carbocycles. The number of thiocarbonyl (C=S) groups is 1. The van der Waals surface area contributed by atoms with Crippen LogP contribution >= 0.6 is 12.2 Å². The van der Waals surface area contributed by atoms with Crippen molar-refractivity contribution >= 4 is 27.1 Å². The molecule has 4 nitrogen and oxygen atoms in total. The van der Waals surface area contributed by atoms with E-state index in [1.165, 1.54) is 6.92 Å². The Hall–Kier alpha value is -0.820. The lowest BCUT2D eigenvalue weighted by Gasteiger charge is -2.12. The summed E-state index contributed by atoms with van der Waals surface area (Å²) in [5.41, 5.74) is 0.721. The first-order valence-electron chi connectivity index (χ1n) is 4.29. The maximum absolute atomic E-state index is 11.4. The highest BCUT2D eigenvalue weighted by molar-refractivity contribution is 7.93. The van der Waals surface area contributed by atoms with E-state index in [0.29, 0.717) is 4.86 Å². The Balaban J connectivity index is 2.97. The molecule has 0 fully saturated rings. The van der Waals surface area contributed by atoms with Crippen LogP contribution in [-0.4, -0.2) is 18.5 Å². The molecule has 6 heteroatoms. The summed E-state index contributed by atoms with van der Waals surface area (Å²) in [5.74, 6) is 4.93. The monoisotopic (exact) mass is 244 g/mol. The lowest BCUT2D eigenvalue weighted by atomic mass is 10.1. The zero-order valence-corrected chi connectivity index (χ0v) is 9.81. The van der Waals surface area contributed by atoms with E-state index in [1.54, 1.807) is 29.1 Å². The fourth-order valence-electron chi connectivity index (χ4n) is 1.08. The van der Waals surface area contributed by atoms with Gasteiger partial charge in [-0.2, -0.15) is 4.83 Å². The van der Waals surface area contributed by atoms with Gasteiger partial charge in [0.05, 0.1) is 0 Å². The van der Waals surface area contributed by atoms with Crippen molar-refractivity contribution in [3.05, 3.63) is 35.9 Å². The topological polar surface area (TPSA) is 72.2 Å². The Morgan fingerprint density at radius 1 is 1.40 bits per heavy atom.